The molecule has 0 saturated heterocycles. The topological polar surface area (TPSA) is 63.5 Å². The third-order valence-electron chi connectivity index (χ3n) is 3.42. The number of guanidine groups is 1. The summed E-state index contributed by atoms with van der Waals surface area (Å²) in [6, 6.07) is 7.93. The van der Waals surface area contributed by atoms with Crippen LogP contribution < -0.4 is 15.4 Å². The van der Waals surface area contributed by atoms with Gasteiger partial charge in [0.05, 0.1) is 6.54 Å². The third kappa shape index (κ3) is 7.24. The van der Waals surface area contributed by atoms with E-state index >= 15 is 0 Å². The van der Waals surface area contributed by atoms with Crippen LogP contribution in [0.4, 0.5) is 4.39 Å². The predicted molar refractivity (Wildman–Crippen MR) is 97.3 cm³/mol. The van der Waals surface area contributed by atoms with Gasteiger partial charge in [-0.3, -0.25) is 4.68 Å². The summed E-state index contributed by atoms with van der Waals surface area (Å²) in [5.74, 6) is 1.13. The van der Waals surface area contributed by atoms with Crippen molar-refractivity contribution >= 4 is 5.96 Å². The Kier molecular flexibility index (Phi) is 7.75. The quantitative estimate of drug-likeness (QED) is 0.415. The van der Waals surface area contributed by atoms with E-state index in [-0.39, 0.29) is 11.9 Å². The van der Waals surface area contributed by atoms with Gasteiger partial charge in [0.2, 0.25) is 0 Å². The number of nitrogens with zero attached hydrogens (tertiary/aromatic N) is 3. The minimum atomic E-state index is -0.272. The van der Waals surface area contributed by atoms with Crippen molar-refractivity contribution in [1.82, 2.24) is 20.4 Å². The maximum absolute atomic E-state index is 12.9. The van der Waals surface area contributed by atoms with Crippen molar-refractivity contribution in [2.24, 2.45) is 4.99 Å². The first-order valence-corrected chi connectivity index (χ1v) is 8.59. The highest BCUT2D eigenvalue weighted by atomic mass is 19.1. The molecule has 1 atom stereocenters. The number of aryl methyl sites for hydroxylation is 1. The Morgan fingerprint density at radius 1 is 1.32 bits per heavy atom. The van der Waals surface area contributed by atoms with Crippen LogP contribution in [-0.4, -0.2) is 41.5 Å². The normalized spacial score (nSPS) is 12.7. The summed E-state index contributed by atoms with van der Waals surface area (Å²) in [6.45, 7) is 6.93. The van der Waals surface area contributed by atoms with E-state index in [0.29, 0.717) is 12.3 Å². The van der Waals surface area contributed by atoms with Crippen LogP contribution in [0.2, 0.25) is 0 Å². The number of nitrogens with one attached hydrogen (secondary N) is 2. The number of ether oxygens (including phenoxy) is 1. The number of aliphatic imine (C=N–C) groups is 1. The maximum atomic E-state index is 12.9. The van der Waals surface area contributed by atoms with Gasteiger partial charge in [-0.05, 0) is 50.6 Å². The van der Waals surface area contributed by atoms with E-state index in [0.717, 1.165) is 32.0 Å². The molecular formula is C18H26FN5O. The molecule has 0 radical (unpaired) electrons. The fourth-order valence-corrected chi connectivity index (χ4v) is 2.22. The van der Waals surface area contributed by atoms with Crippen LogP contribution in [0.15, 0.2) is 47.7 Å². The van der Waals surface area contributed by atoms with Gasteiger partial charge in [-0.15, -0.1) is 0 Å². The van der Waals surface area contributed by atoms with Crippen molar-refractivity contribution in [2.75, 3.05) is 19.6 Å². The molecule has 0 aliphatic rings. The standard InChI is InChI=1S/C18H26FN5O/c1-3-20-18(21-10-4-12-24-13-5-11-23-24)22-14-15(2)25-17-8-6-16(19)7-9-17/h5-9,11,13,15H,3-4,10,12,14H2,1-2H3,(H2,20,21,22). The number of hydrogen-bond donors (Lipinski definition) is 2. The first-order chi connectivity index (χ1) is 12.2. The van der Waals surface area contributed by atoms with E-state index in [1.807, 2.05) is 30.8 Å². The molecule has 0 spiro atoms. The molecule has 0 bridgehead atoms. The largest absolute Gasteiger partial charge is 0.489 e. The highest BCUT2D eigenvalue weighted by Gasteiger charge is 2.05. The summed E-state index contributed by atoms with van der Waals surface area (Å²) < 4.78 is 20.5. The van der Waals surface area contributed by atoms with E-state index in [4.69, 9.17) is 4.74 Å². The van der Waals surface area contributed by atoms with Gasteiger partial charge in [0.1, 0.15) is 17.7 Å². The highest BCUT2D eigenvalue weighted by molar-refractivity contribution is 5.79. The Bertz CT molecular complexity index is 627. The Morgan fingerprint density at radius 2 is 2.12 bits per heavy atom. The molecule has 1 aromatic carbocycles. The molecule has 1 unspecified atom stereocenters. The van der Waals surface area contributed by atoms with Crippen molar-refractivity contribution < 1.29 is 9.13 Å². The van der Waals surface area contributed by atoms with E-state index < -0.39 is 0 Å². The Labute approximate surface area is 148 Å². The van der Waals surface area contributed by atoms with Crippen LogP contribution in [0, 0.1) is 5.82 Å². The molecule has 0 aliphatic carbocycles. The minimum absolute atomic E-state index is 0.106. The zero-order valence-electron chi connectivity index (χ0n) is 14.8. The average molecular weight is 347 g/mol. The first-order valence-electron chi connectivity index (χ1n) is 8.59. The Hall–Kier alpha value is -2.57. The highest BCUT2D eigenvalue weighted by Crippen LogP contribution is 2.12. The van der Waals surface area contributed by atoms with Crippen LogP contribution in [0.5, 0.6) is 5.75 Å². The molecule has 25 heavy (non-hydrogen) atoms. The Morgan fingerprint density at radius 3 is 2.80 bits per heavy atom. The molecule has 0 amide bonds. The Balaban J connectivity index is 1.74. The van der Waals surface area contributed by atoms with Gasteiger partial charge in [-0.2, -0.15) is 5.10 Å². The molecule has 0 saturated carbocycles. The molecule has 1 aromatic heterocycles. The number of aromatic nitrogens is 2. The van der Waals surface area contributed by atoms with Crippen molar-refractivity contribution in [2.45, 2.75) is 32.9 Å². The van der Waals surface area contributed by atoms with Crippen LogP contribution in [0.3, 0.4) is 0 Å². The second-order valence-electron chi connectivity index (χ2n) is 5.65. The molecule has 2 aromatic rings. The summed E-state index contributed by atoms with van der Waals surface area (Å²) in [5.41, 5.74) is 0. The summed E-state index contributed by atoms with van der Waals surface area (Å²) in [7, 11) is 0. The van der Waals surface area contributed by atoms with Gasteiger partial charge < -0.3 is 15.4 Å². The number of rotatable bonds is 9. The fraction of sp³-hybridized carbons (Fsp3) is 0.444. The lowest BCUT2D eigenvalue weighted by atomic mass is 10.3. The second-order valence-corrected chi connectivity index (χ2v) is 5.65. The molecule has 6 nitrogen and oxygen atoms in total. The molecule has 0 fully saturated rings. The van der Waals surface area contributed by atoms with Crippen molar-refractivity contribution in [3.05, 3.63) is 48.5 Å². The average Bonchev–Trinajstić information content (AvgIpc) is 3.12. The first kappa shape index (κ1) is 18.8. The molecule has 1 heterocycles. The van der Waals surface area contributed by atoms with Crippen molar-refractivity contribution in [3.63, 3.8) is 0 Å². The van der Waals surface area contributed by atoms with Gasteiger partial charge in [-0.1, -0.05) is 0 Å². The second kappa shape index (κ2) is 10.3. The van der Waals surface area contributed by atoms with E-state index in [1.165, 1.54) is 12.1 Å². The van der Waals surface area contributed by atoms with E-state index in [2.05, 4.69) is 20.7 Å². The lowest BCUT2D eigenvalue weighted by Crippen LogP contribution is -2.38. The van der Waals surface area contributed by atoms with Gasteiger partial charge in [0.25, 0.3) is 0 Å². The summed E-state index contributed by atoms with van der Waals surface area (Å²) in [4.78, 5) is 4.53. The molecular weight excluding hydrogens is 321 g/mol. The molecule has 136 valence electrons. The van der Waals surface area contributed by atoms with Crippen LogP contribution >= 0.6 is 0 Å². The van der Waals surface area contributed by atoms with Gasteiger partial charge in [0.15, 0.2) is 5.96 Å². The lowest BCUT2D eigenvalue weighted by molar-refractivity contribution is 0.230. The number of halogens is 1. The van der Waals surface area contributed by atoms with Gasteiger partial charge >= 0.3 is 0 Å². The molecule has 0 aliphatic heterocycles. The fourth-order valence-electron chi connectivity index (χ4n) is 2.22. The summed E-state index contributed by atoms with van der Waals surface area (Å²) >= 11 is 0. The summed E-state index contributed by atoms with van der Waals surface area (Å²) in [6.07, 6.45) is 4.58. The molecule has 2 N–H and O–H groups in total. The minimum Gasteiger partial charge on any atom is -0.489 e. The smallest absolute Gasteiger partial charge is 0.191 e. The SMILES string of the molecule is CCNC(=NCC(C)Oc1ccc(F)cc1)NCCCn1cccn1. The van der Waals surface area contributed by atoms with E-state index in [9.17, 15) is 4.39 Å². The van der Waals surface area contributed by atoms with E-state index in [1.54, 1.807) is 18.3 Å². The van der Waals surface area contributed by atoms with Crippen LogP contribution in [0.1, 0.15) is 20.3 Å². The third-order valence-corrected chi connectivity index (χ3v) is 3.42. The van der Waals surface area contributed by atoms with Crippen LogP contribution in [-0.2, 0) is 6.54 Å². The number of hydrogen-bond acceptors (Lipinski definition) is 3. The van der Waals surface area contributed by atoms with Crippen molar-refractivity contribution in [3.8, 4) is 5.75 Å². The maximum Gasteiger partial charge on any atom is 0.191 e. The molecule has 7 heteroatoms. The molecule has 2 rings (SSSR count). The number of benzene rings is 1. The van der Waals surface area contributed by atoms with Crippen LogP contribution in [0.25, 0.3) is 0 Å². The van der Waals surface area contributed by atoms with Gasteiger partial charge in [0, 0.05) is 32.0 Å². The predicted octanol–water partition coefficient (Wildman–Crippen LogP) is 2.43. The van der Waals surface area contributed by atoms with Crippen molar-refractivity contribution in [1.29, 1.82) is 0 Å². The zero-order valence-corrected chi connectivity index (χ0v) is 14.8. The zero-order chi connectivity index (χ0) is 17.9. The van der Waals surface area contributed by atoms with Gasteiger partial charge in [-0.25, -0.2) is 9.38 Å². The lowest BCUT2D eigenvalue weighted by Gasteiger charge is -2.15. The monoisotopic (exact) mass is 347 g/mol. The summed E-state index contributed by atoms with van der Waals surface area (Å²) in [5, 5.41) is 10.7.